The third-order valence-corrected chi connectivity index (χ3v) is 9.40. The number of nitrogens with zero attached hydrogens (tertiary/aromatic N) is 5. The molecular formula is C42H33FN6O. The SMILES string of the molecule is Cc1ccc(NC(=O)c2ccc(-n3cnc4ccc(-c5cnn(C(c6ccccc6)(c6ccccc6)C6C=CC=CC6)c5)cc43)cc2F)nc1. The minimum atomic E-state index is -0.642. The van der Waals surface area contributed by atoms with Crippen LogP contribution in [0.1, 0.15) is 33.5 Å². The second-order valence-electron chi connectivity index (χ2n) is 12.5. The summed E-state index contributed by atoms with van der Waals surface area (Å²) in [7, 11) is 0. The number of allylic oxidation sites excluding steroid dienone is 4. The fourth-order valence-electron chi connectivity index (χ4n) is 6.93. The molecule has 1 N–H and O–H groups in total. The molecule has 244 valence electrons. The van der Waals surface area contributed by atoms with Gasteiger partial charge < -0.3 is 5.32 Å². The Kier molecular flexibility index (Phi) is 7.97. The molecule has 0 aliphatic heterocycles. The predicted molar refractivity (Wildman–Crippen MR) is 195 cm³/mol. The molecule has 1 aliphatic rings. The lowest BCUT2D eigenvalue weighted by Crippen LogP contribution is -2.43. The van der Waals surface area contributed by atoms with Gasteiger partial charge in [0.15, 0.2) is 0 Å². The number of amides is 1. The molecule has 0 bridgehead atoms. The number of benzene rings is 4. The molecule has 1 aliphatic carbocycles. The van der Waals surface area contributed by atoms with Gasteiger partial charge in [-0.1, -0.05) is 97.1 Å². The lowest BCUT2D eigenvalue weighted by molar-refractivity contribution is 0.102. The summed E-state index contributed by atoms with van der Waals surface area (Å²) in [6, 6.07) is 35.2. The van der Waals surface area contributed by atoms with E-state index >= 15 is 4.39 Å². The van der Waals surface area contributed by atoms with Gasteiger partial charge in [0, 0.05) is 23.9 Å². The molecule has 1 atom stereocenters. The average Bonchev–Trinajstić information content (AvgIpc) is 3.82. The van der Waals surface area contributed by atoms with E-state index in [0.29, 0.717) is 11.5 Å². The molecule has 0 fully saturated rings. The highest BCUT2D eigenvalue weighted by atomic mass is 19.1. The lowest BCUT2D eigenvalue weighted by Gasteiger charge is -2.41. The number of pyridine rings is 1. The van der Waals surface area contributed by atoms with E-state index in [9.17, 15) is 4.79 Å². The molecule has 7 nitrogen and oxygen atoms in total. The lowest BCUT2D eigenvalue weighted by atomic mass is 9.70. The van der Waals surface area contributed by atoms with Crippen LogP contribution >= 0.6 is 0 Å². The number of rotatable bonds is 8. The van der Waals surface area contributed by atoms with Crippen molar-refractivity contribution in [2.45, 2.75) is 18.9 Å². The van der Waals surface area contributed by atoms with Crippen LogP contribution in [-0.4, -0.2) is 30.2 Å². The summed E-state index contributed by atoms with van der Waals surface area (Å²) in [6.07, 6.45) is 16.9. The number of aryl methyl sites for hydroxylation is 1. The molecule has 4 aromatic carbocycles. The highest BCUT2D eigenvalue weighted by Gasteiger charge is 2.43. The zero-order valence-corrected chi connectivity index (χ0v) is 27.3. The van der Waals surface area contributed by atoms with Crippen LogP contribution in [0.25, 0.3) is 27.8 Å². The first kappa shape index (κ1) is 30.9. The maximum atomic E-state index is 15.4. The topological polar surface area (TPSA) is 77.6 Å². The normalized spacial score (nSPS) is 14.2. The first-order chi connectivity index (χ1) is 24.5. The highest BCUT2D eigenvalue weighted by molar-refractivity contribution is 6.04. The quantitative estimate of drug-likeness (QED) is 0.177. The number of hydrogen-bond donors (Lipinski definition) is 1. The highest BCUT2D eigenvalue weighted by Crippen LogP contribution is 2.44. The van der Waals surface area contributed by atoms with Gasteiger partial charge in [-0.15, -0.1) is 0 Å². The monoisotopic (exact) mass is 656 g/mol. The molecule has 7 aromatic rings. The van der Waals surface area contributed by atoms with Gasteiger partial charge in [0.1, 0.15) is 23.5 Å². The van der Waals surface area contributed by atoms with Gasteiger partial charge in [0.05, 0.1) is 28.5 Å². The third kappa shape index (κ3) is 5.50. The van der Waals surface area contributed by atoms with E-state index in [0.717, 1.165) is 45.3 Å². The van der Waals surface area contributed by atoms with Crippen LogP contribution < -0.4 is 5.32 Å². The van der Waals surface area contributed by atoms with E-state index in [1.807, 2.05) is 54.1 Å². The summed E-state index contributed by atoms with van der Waals surface area (Å²) in [5.41, 5.74) is 6.58. The maximum absolute atomic E-state index is 15.4. The fraction of sp³-hybridized carbons (Fsp3) is 0.0952. The molecule has 8 heteroatoms. The van der Waals surface area contributed by atoms with Crippen molar-refractivity contribution >= 4 is 22.8 Å². The largest absolute Gasteiger partial charge is 0.306 e. The van der Waals surface area contributed by atoms with Crippen LogP contribution in [0.2, 0.25) is 0 Å². The first-order valence-corrected chi connectivity index (χ1v) is 16.5. The van der Waals surface area contributed by atoms with Crippen LogP contribution in [0, 0.1) is 18.7 Å². The van der Waals surface area contributed by atoms with Gasteiger partial charge in [-0.2, -0.15) is 5.10 Å². The number of imidazole rings is 1. The summed E-state index contributed by atoms with van der Waals surface area (Å²) >= 11 is 0. The van der Waals surface area contributed by atoms with Crippen molar-refractivity contribution in [3.8, 4) is 16.8 Å². The van der Waals surface area contributed by atoms with Crippen LogP contribution in [0.5, 0.6) is 0 Å². The molecule has 0 radical (unpaired) electrons. The minimum absolute atomic E-state index is 0.0720. The van der Waals surface area contributed by atoms with Gasteiger partial charge >= 0.3 is 0 Å². The number of halogens is 1. The second kappa shape index (κ2) is 12.9. The Hall–Kier alpha value is -6.41. The number of carbonyl (C=O) groups is 1. The van der Waals surface area contributed by atoms with Gasteiger partial charge in [0.2, 0.25) is 0 Å². The van der Waals surface area contributed by atoms with E-state index in [-0.39, 0.29) is 11.5 Å². The average molecular weight is 657 g/mol. The number of nitrogens with one attached hydrogen (secondary N) is 1. The minimum Gasteiger partial charge on any atom is -0.306 e. The van der Waals surface area contributed by atoms with Crippen LogP contribution in [0.3, 0.4) is 0 Å². The summed E-state index contributed by atoms with van der Waals surface area (Å²) in [6.45, 7) is 1.91. The molecule has 1 amide bonds. The summed E-state index contributed by atoms with van der Waals surface area (Å²) < 4.78 is 19.3. The van der Waals surface area contributed by atoms with Crippen LogP contribution in [-0.2, 0) is 5.54 Å². The predicted octanol–water partition coefficient (Wildman–Crippen LogP) is 8.91. The molecule has 0 saturated carbocycles. The maximum Gasteiger partial charge on any atom is 0.259 e. The molecule has 1 unspecified atom stereocenters. The molecule has 0 spiro atoms. The van der Waals surface area contributed by atoms with Crippen LogP contribution in [0.4, 0.5) is 10.2 Å². The Morgan fingerprint density at radius 3 is 2.30 bits per heavy atom. The summed E-state index contributed by atoms with van der Waals surface area (Å²) in [5.74, 6) is -0.738. The van der Waals surface area contributed by atoms with E-state index in [2.05, 4.69) is 99.0 Å². The van der Waals surface area contributed by atoms with E-state index in [1.54, 1.807) is 24.7 Å². The van der Waals surface area contributed by atoms with Crippen molar-refractivity contribution in [3.05, 3.63) is 186 Å². The number of anilines is 1. The first-order valence-electron chi connectivity index (χ1n) is 16.5. The van der Waals surface area contributed by atoms with E-state index in [4.69, 9.17) is 5.10 Å². The molecule has 50 heavy (non-hydrogen) atoms. The third-order valence-electron chi connectivity index (χ3n) is 9.40. The van der Waals surface area contributed by atoms with Crippen molar-refractivity contribution in [1.82, 2.24) is 24.3 Å². The molecule has 3 aromatic heterocycles. The summed E-state index contributed by atoms with van der Waals surface area (Å²) in [5, 5.41) is 7.72. The number of carbonyl (C=O) groups excluding carboxylic acids is 1. The Labute approximate surface area is 289 Å². The molecular weight excluding hydrogens is 624 g/mol. The summed E-state index contributed by atoms with van der Waals surface area (Å²) in [4.78, 5) is 21.6. The van der Waals surface area contributed by atoms with Gasteiger partial charge in [-0.05, 0) is 72.0 Å². The number of aromatic nitrogens is 5. The fourth-order valence-corrected chi connectivity index (χ4v) is 6.93. The molecule has 3 heterocycles. The Bertz CT molecular complexity index is 2340. The van der Waals surface area contributed by atoms with Crippen molar-refractivity contribution < 1.29 is 9.18 Å². The van der Waals surface area contributed by atoms with E-state index < -0.39 is 17.3 Å². The smallest absolute Gasteiger partial charge is 0.259 e. The molecule has 8 rings (SSSR count). The van der Waals surface area contributed by atoms with Crippen LogP contribution in [0.15, 0.2) is 158 Å². The Morgan fingerprint density at radius 1 is 0.840 bits per heavy atom. The zero-order valence-electron chi connectivity index (χ0n) is 27.3. The Balaban J connectivity index is 1.16. The van der Waals surface area contributed by atoms with Gasteiger partial charge in [-0.3, -0.25) is 14.0 Å². The number of hydrogen-bond acceptors (Lipinski definition) is 4. The number of fused-ring (bicyclic) bond motifs is 1. The standard InChI is InChI=1S/C42H33FN6O/c1-29-17-22-40(44-25-29)47-41(50)36-20-19-35(24-37(36)43)48-28-45-38-21-18-30(23-39(38)48)31-26-46-49(27-31)42(32-11-5-2-6-12-32,33-13-7-3-8-14-33)34-15-9-4-10-16-34/h2-15,17-28,34H,16H2,1H3,(H,44,47,50). The van der Waals surface area contributed by atoms with Crippen molar-refractivity contribution in [2.24, 2.45) is 5.92 Å². The van der Waals surface area contributed by atoms with Crippen molar-refractivity contribution in [3.63, 3.8) is 0 Å². The van der Waals surface area contributed by atoms with Gasteiger partial charge in [0.25, 0.3) is 5.91 Å². The Morgan fingerprint density at radius 2 is 1.62 bits per heavy atom. The van der Waals surface area contributed by atoms with E-state index in [1.165, 1.54) is 12.1 Å². The van der Waals surface area contributed by atoms with Crippen molar-refractivity contribution in [2.75, 3.05) is 5.32 Å². The van der Waals surface area contributed by atoms with Gasteiger partial charge in [-0.25, -0.2) is 14.4 Å². The molecule has 0 saturated heterocycles. The second-order valence-corrected chi connectivity index (χ2v) is 12.5. The zero-order chi connectivity index (χ0) is 34.1. The van der Waals surface area contributed by atoms with Crippen molar-refractivity contribution in [1.29, 1.82) is 0 Å².